The average Bonchev–Trinajstić information content (AvgIpc) is 2.88. The molecule has 2 nitrogen and oxygen atoms in total. The summed E-state index contributed by atoms with van der Waals surface area (Å²) in [4.78, 5) is 4.13. The molecular formula is C14H24N2S. The van der Waals surface area contributed by atoms with Gasteiger partial charge in [0.2, 0.25) is 0 Å². The highest BCUT2D eigenvalue weighted by molar-refractivity contribution is 7.10. The number of nitrogens with zero attached hydrogens (tertiary/aromatic N) is 1. The molecule has 2 rings (SSSR count). The molecule has 0 bridgehead atoms. The predicted octanol–water partition coefficient (Wildman–Crippen LogP) is 3.11. The van der Waals surface area contributed by atoms with E-state index in [1.54, 1.807) is 0 Å². The highest BCUT2D eigenvalue weighted by atomic mass is 32.1. The second kappa shape index (κ2) is 5.51. The van der Waals surface area contributed by atoms with Crippen LogP contribution in [-0.2, 0) is 0 Å². The van der Waals surface area contributed by atoms with E-state index in [0.29, 0.717) is 23.9 Å². The van der Waals surface area contributed by atoms with Crippen molar-refractivity contribution in [3.8, 4) is 0 Å². The van der Waals surface area contributed by atoms with Crippen molar-refractivity contribution >= 4 is 11.3 Å². The van der Waals surface area contributed by atoms with E-state index in [1.807, 2.05) is 11.3 Å². The average molecular weight is 252 g/mol. The van der Waals surface area contributed by atoms with Gasteiger partial charge in [0.1, 0.15) is 0 Å². The van der Waals surface area contributed by atoms with E-state index >= 15 is 0 Å². The van der Waals surface area contributed by atoms with Gasteiger partial charge in [-0.15, -0.1) is 11.3 Å². The number of hydrogen-bond acceptors (Lipinski definition) is 3. The molecule has 2 heterocycles. The lowest BCUT2D eigenvalue weighted by atomic mass is 10.00. The van der Waals surface area contributed by atoms with E-state index in [0.717, 1.165) is 0 Å². The lowest BCUT2D eigenvalue weighted by Gasteiger charge is -2.30. The zero-order chi connectivity index (χ0) is 12.4. The largest absolute Gasteiger partial charge is 0.328 e. The van der Waals surface area contributed by atoms with Gasteiger partial charge < -0.3 is 5.73 Å². The number of nitrogens with two attached hydrogens (primary N) is 1. The van der Waals surface area contributed by atoms with Gasteiger partial charge in [-0.25, -0.2) is 0 Å². The van der Waals surface area contributed by atoms with Crippen LogP contribution in [0.15, 0.2) is 17.5 Å². The van der Waals surface area contributed by atoms with Crippen molar-refractivity contribution < 1.29 is 0 Å². The van der Waals surface area contributed by atoms with Gasteiger partial charge >= 0.3 is 0 Å². The first-order chi connectivity index (χ1) is 8.09. The number of likely N-dealkylation sites (tertiary alicyclic amines) is 1. The molecule has 1 aliphatic rings. The summed E-state index contributed by atoms with van der Waals surface area (Å²) in [6.45, 7) is 9.15. The number of rotatable bonds is 4. The van der Waals surface area contributed by atoms with Gasteiger partial charge in [-0.05, 0) is 43.2 Å². The quantitative estimate of drug-likeness (QED) is 0.892. The van der Waals surface area contributed by atoms with Crippen LogP contribution in [0.2, 0.25) is 0 Å². The zero-order valence-corrected chi connectivity index (χ0v) is 11.9. The molecule has 0 radical (unpaired) electrons. The van der Waals surface area contributed by atoms with Gasteiger partial charge in [0, 0.05) is 23.5 Å². The van der Waals surface area contributed by atoms with E-state index < -0.39 is 0 Å². The Kier molecular flexibility index (Phi) is 4.23. The van der Waals surface area contributed by atoms with Crippen LogP contribution in [0.5, 0.6) is 0 Å². The van der Waals surface area contributed by atoms with E-state index in [2.05, 4.69) is 43.2 Å². The molecule has 0 saturated carbocycles. The molecule has 1 aromatic heterocycles. The molecule has 96 valence electrons. The minimum absolute atomic E-state index is 0.330. The molecular weight excluding hydrogens is 228 g/mol. The topological polar surface area (TPSA) is 29.3 Å². The Bertz CT molecular complexity index is 332. The Morgan fingerprint density at radius 2 is 2.18 bits per heavy atom. The van der Waals surface area contributed by atoms with E-state index in [-0.39, 0.29) is 0 Å². The molecule has 1 saturated heterocycles. The van der Waals surface area contributed by atoms with E-state index in [9.17, 15) is 0 Å². The standard InChI is InChI=1S/C14H24N2S/c1-10(2)14(13-5-4-8-17-13)16-7-6-12(9-16)11(3)15/h4-5,8,10-12,14H,6-7,9,15H2,1-3H3. The maximum absolute atomic E-state index is 6.03. The first kappa shape index (κ1) is 13.1. The van der Waals surface area contributed by atoms with Crippen molar-refractivity contribution in [3.63, 3.8) is 0 Å². The van der Waals surface area contributed by atoms with E-state index in [4.69, 9.17) is 5.73 Å². The maximum atomic E-state index is 6.03. The fraction of sp³-hybridized carbons (Fsp3) is 0.714. The Morgan fingerprint density at radius 1 is 1.41 bits per heavy atom. The summed E-state index contributed by atoms with van der Waals surface area (Å²) in [7, 11) is 0. The molecule has 17 heavy (non-hydrogen) atoms. The lowest BCUT2D eigenvalue weighted by Crippen LogP contribution is -2.33. The van der Waals surface area contributed by atoms with E-state index in [1.165, 1.54) is 24.4 Å². The summed E-state index contributed by atoms with van der Waals surface area (Å²) in [5.41, 5.74) is 6.03. The lowest BCUT2D eigenvalue weighted by molar-refractivity contribution is 0.187. The molecule has 1 aromatic rings. The van der Waals surface area contributed by atoms with Crippen molar-refractivity contribution in [2.75, 3.05) is 13.1 Å². The summed E-state index contributed by atoms with van der Waals surface area (Å²) < 4.78 is 0. The maximum Gasteiger partial charge on any atom is 0.0464 e. The van der Waals surface area contributed by atoms with Gasteiger partial charge in [-0.2, -0.15) is 0 Å². The number of hydrogen-bond donors (Lipinski definition) is 1. The van der Waals surface area contributed by atoms with Crippen molar-refractivity contribution in [1.29, 1.82) is 0 Å². The minimum Gasteiger partial charge on any atom is -0.328 e. The SMILES string of the molecule is CC(C)C(c1cccs1)N1CCC(C(C)N)C1. The summed E-state index contributed by atoms with van der Waals surface area (Å²) in [5.74, 6) is 1.34. The van der Waals surface area contributed by atoms with Crippen LogP contribution in [0.4, 0.5) is 0 Å². The molecule has 3 heteroatoms. The zero-order valence-electron chi connectivity index (χ0n) is 11.1. The van der Waals surface area contributed by atoms with Gasteiger partial charge in [0.05, 0.1) is 0 Å². The molecule has 3 unspecified atom stereocenters. The van der Waals surface area contributed by atoms with Crippen LogP contribution >= 0.6 is 11.3 Å². The third kappa shape index (κ3) is 2.90. The highest BCUT2D eigenvalue weighted by Gasteiger charge is 2.32. The van der Waals surface area contributed by atoms with Gasteiger partial charge in [-0.3, -0.25) is 4.90 Å². The predicted molar refractivity (Wildman–Crippen MR) is 75.2 cm³/mol. The van der Waals surface area contributed by atoms with Crippen molar-refractivity contribution in [1.82, 2.24) is 4.90 Å². The third-order valence-corrected chi connectivity index (χ3v) is 4.80. The van der Waals surface area contributed by atoms with Crippen molar-refractivity contribution in [2.24, 2.45) is 17.6 Å². The first-order valence-electron chi connectivity index (χ1n) is 6.62. The summed E-state index contributed by atoms with van der Waals surface area (Å²) >= 11 is 1.88. The van der Waals surface area contributed by atoms with Crippen LogP contribution in [0.1, 0.15) is 38.1 Å². The minimum atomic E-state index is 0.330. The second-order valence-electron chi connectivity index (χ2n) is 5.61. The third-order valence-electron chi connectivity index (χ3n) is 3.86. The molecule has 0 aliphatic carbocycles. The van der Waals surface area contributed by atoms with Crippen LogP contribution in [0.25, 0.3) is 0 Å². The fourth-order valence-corrected chi connectivity index (χ4v) is 3.92. The Hall–Kier alpha value is -0.380. The van der Waals surface area contributed by atoms with Gasteiger partial charge in [0.25, 0.3) is 0 Å². The molecule has 1 aliphatic heterocycles. The Morgan fingerprint density at radius 3 is 2.65 bits per heavy atom. The molecule has 2 N–H and O–H groups in total. The fourth-order valence-electron chi connectivity index (χ4n) is 2.89. The smallest absolute Gasteiger partial charge is 0.0464 e. The van der Waals surface area contributed by atoms with Gasteiger partial charge in [-0.1, -0.05) is 19.9 Å². The van der Waals surface area contributed by atoms with Crippen LogP contribution < -0.4 is 5.73 Å². The van der Waals surface area contributed by atoms with Gasteiger partial charge in [0.15, 0.2) is 0 Å². The monoisotopic (exact) mass is 252 g/mol. The molecule has 0 amide bonds. The van der Waals surface area contributed by atoms with Crippen LogP contribution in [0.3, 0.4) is 0 Å². The highest BCUT2D eigenvalue weighted by Crippen LogP contribution is 2.35. The second-order valence-corrected chi connectivity index (χ2v) is 6.59. The first-order valence-corrected chi connectivity index (χ1v) is 7.50. The molecule has 3 atom stereocenters. The molecule has 0 aromatic carbocycles. The van der Waals surface area contributed by atoms with Crippen molar-refractivity contribution in [3.05, 3.63) is 22.4 Å². The normalized spacial score (nSPS) is 25.4. The number of thiophene rings is 1. The molecule has 0 spiro atoms. The Balaban J connectivity index is 2.09. The van der Waals surface area contributed by atoms with Crippen LogP contribution in [0, 0.1) is 11.8 Å². The summed E-state index contributed by atoms with van der Waals surface area (Å²) in [6, 6.07) is 5.35. The summed E-state index contributed by atoms with van der Waals surface area (Å²) in [5, 5.41) is 2.18. The van der Waals surface area contributed by atoms with Crippen molar-refractivity contribution in [2.45, 2.75) is 39.3 Å². The Labute approximate surface area is 109 Å². The molecule has 1 fully saturated rings. The van der Waals surface area contributed by atoms with Crippen LogP contribution in [-0.4, -0.2) is 24.0 Å². The summed E-state index contributed by atoms with van der Waals surface area (Å²) in [6.07, 6.45) is 1.26.